The van der Waals surface area contributed by atoms with Crippen molar-refractivity contribution in [2.45, 2.75) is 24.9 Å². The molecule has 2 fully saturated rings. The number of nitrogens with one attached hydrogen (secondary N) is 2. The molecule has 2 saturated heterocycles. The van der Waals surface area contributed by atoms with Crippen LogP contribution in [0.1, 0.15) is 24.3 Å². The van der Waals surface area contributed by atoms with Gasteiger partial charge in [-0.3, -0.25) is 4.90 Å². The van der Waals surface area contributed by atoms with Crippen LogP contribution in [0.5, 0.6) is 0 Å². The molecular weight excluding hydrogens is 402 g/mol. The van der Waals surface area contributed by atoms with Crippen LogP contribution in [0.4, 0.5) is 22.4 Å². The quantitative estimate of drug-likeness (QED) is 0.440. The topological polar surface area (TPSA) is 54.6 Å². The zero-order chi connectivity index (χ0) is 21.6. The van der Waals surface area contributed by atoms with Crippen molar-refractivity contribution in [1.82, 2.24) is 25.0 Å². The number of carbonyl (C=O) groups excluding carboxylic acids is 1. The first-order chi connectivity index (χ1) is 14.3. The van der Waals surface area contributed by atoms with E-state index in [0.29, 0.717) is 51.1 Å². The zero-order valence-corrected chi connectivity index (χ0v) is 16.9. The van der Waals surface area contributed by atoms with E-state index in [2.05, 4.69) is 15.2 Å². The average molecular weight is 427 g/mol. The highest BCUT2D eigenvalue weighted by Gasteiger charge is 2.33. The van der Waals surface area contributed by atoms with Gasteiger partial charge in [0.15, 0.2) is 23.3 Å². The van der Waals surface area contributed by atoms with Gasteiger partial charge in [-0.2, -0.15) is 0 Å². The number of hydrogen-bond donors (Lipinski definition) is 2. The molecule has 1 aromatic carbocycles. The number of halogens is 4. The van der Waals surface area contributed by atoms with Crippen molar-refractivity contribution >= 4 is 16.9 Å². The molecule has 2 aliphatic heterocycles. The normalized spacial score (nSPS) is 23.2. The Hall–Kier alpha value is -2.33. The van der Waals surface area contributed by atoms with Gasteiger partial charge in [0.2, 0.25) is 0 Å². The fourth-order valence-electron chi connectivity index (χ4n) is 4.55. The number of rotatable bonds is 2. The Morgan fingerprint density at radius 1 is 1.03 bits per heavy atom. The monoisotopic (exact) mass is 427 g/mol. The molecule has 0 radical (unpaired) electrons. The minimum absolute atomic E-state index is 0.00325. The van der Waals surface area contributed by atoms with Crippen molar-refractivity contribution in [1.29, 1.82) is 0 Å². The second kappa shape index (κ2) is 8.07. The summed E-state index contributed by atoms with van der Waals surface area (Å²) in [7, 11) is 3.44. The fourth-order valence-corrected chi connectivity index (χ4v) is 4.55. The highest BCUT2D eigenvalue weighted by atomic mass is 19.2. The number of piperazine rings is 1. The van der Waals surface area contributed by atoms with Crippen LogP contribution < -0.4 is 5.32 Å². The van der Waals surface area contributed by atoms with Crippen molar-refractivity contribution in [3.63, 3.8) is 0 Å². The number of carbonyl (C=O) groups is 1. The van der Waals surface area contributed by atoms with E-state index in [4.69, 9.17) is 0 Å². The van der Waals surface area contributed by atoms with E-state index in [-0.39, 0.29) is 29.0 Å². The van der Waals surface area contributed by atoms with Crippen molar-refractivity contribution in [3.8, 4) is 0 Å². The molecule has 2 aliphatic rings. The van der Waals surface area contributed by atoms with Crippen LogP contribution in [0, 0.1) is 23.3 Å². The van der Waals surface area contributed by atoms with Crippen LogP contribution >= 0.6 is 0 Å². The van der Waals surface area contributed by atoms with Crippen LogP contribution in [-0.2, 0) is 0 Å². The summed E-state index contributed by atoms with van der Waals surface area (Å²) < 4.78 is 55.9. The number of aromatic amines is 1. The minimum atomic E-state index is -1.80. The average Bonchev–Trinajstić information content (AvgIpc) is 3.21. The number of urea groups is 1. The molecule has 164 valence electrons. The van der Waals surface area contributed by atoms with Crippen molar-refractivity contribution < 1.29 is 22.4 Å². The summed E-state index contributed by atoms with van der Waals surface area (Å²) in [4.78, 5) is 20.3. The summed E-state index contributed by atoms with van der Waals surface area (Å²) in [6, 6.07) is -0.0188. The molecule has 30 heavy (non-hydrogen) atoms. The maximum absolute atomic E-state index is 14.5. The van der Waals surface area contributed by atoms with Gasteiger partial charge in [-0.25, -0.2) is 22.4 Å². The summed E-state index contributed by atoms with van der Waals surface area (Å²) in [5.41, 5.74) is 0.125. The lowest BCUT2D eigenvalue weighted by molar-refractivity contribution is 0.0692. The number of aromatic nitrogens is 1. The van der Waals surface area contributed by atoms with Crippen LogP contribution in [0.2, 0.25) is 0 Å². The van der Waals surface area contributed by atoms with Crippen molar-refractivity contribution in [2.75, 3.05) is 46.8 Å². The van der Waals surface area contributed by atoms with E-state index in [1.807, 2.05) is 0 Å². The lowest BCUT2D eigenvalue weighted by Crippen LogP contribution is -2.58. The maximum Gasteiger partial charge on any atom is 0.319 e. The van der Waals surface area contributed by atoms with Gasteiger partial charge in [-0.05, 0) is 30.9 Å². The van der Waals surface area contributed by atoms with Gasteiger partial charge in [-0.1, -0.05) is 0 Å². The van der Waals surface area contributed by atoms with Gasteiger partial charge in [0.05, 0.1) is 11.7 Å². The first kappa shape index (κ1) is 20.9. The second-order valence-corrected chi connectivity index (χ2v) is 8.14. The van der Waals surface area contributed by atoms with Crippen LogP contribution in [-0.4, -0.2) is 78.7 Å². The number of hydrogen-bond acceptors (Lipinski definition) is 3. The minimum Gasteiger partial charge on any atom is -0.358 e. The third-order valence-corrected chi connectivity index (χ3v) is 6.16. The van der Waals surface area contributed by atoms with Gasteiger partial charge in [0.25, 0.3) is 0 Å². The lowest BCUT2D eigenvalue weighted by atomic mass is 9.87. The maximum atomic E-state index is 14.5. The molecule has 0 saturated carbocycles. The lowest BCUT2D eigenvalue weighted by Gasteiger charge is -2.43. The SMILES string of the molecule is CN(C)C(=O)N1CCN([C@@H]2CC(c3c[nH]c4c(F)c(F)c(F)c(F)c34)CCN2)CC1. The molecule has 0 aliphatic carbocycles. The van der Waals surface area contributed by atoms with E-state index in [0.717, 1.165) is 0 Å². The van der Waals surface area contributed by atoms with E-state index in [9.17, 15) is 22.4 Å². The summed E-state index contributed by atoms with van der Waals surface area (Å²) >= 11 is 0. The summed E-state index contributed by atoms with van der Waals surface area (Å²) in [6.07, 6.45) is 2.75. The second-order valence-electron chi connectivity index (χ2n) is 8.14. The molecule has 1 unspecified atom stereocenters. The number of H-pyrrole nitrogens is 1. The van der Waals surface area contributed by atoms with Gasteiger partial charge < -0.3 is 20.1 Å². The van der Waals surface area contributed by atoms with Crippen molar-refractivity contribution in [2.24, 2.45) is 0 Å². The number of amides is 2. The smallest absolute Gasteiger partial charge is 0.319 e. The first-order valence-corrected chi connectivity index (χ1v) is 10.1. The Morgan fingerprint density at radius 3 is 2.37 bits per heavy atom. The molecule has 1 aromatic heterocycles. The molecule has 3 heterocycles. The van der Waals surface area contributed by atoms with Gasteiger partial charge in [0.1, 0.15) is 0 Å². The van der Waals surface area contributed by atoms with Gasteiger partial charge in [0, 0.05) is 51.9 Å². The highest BCUT2D eigenvalue weighted by Crippen LogP contribution is 2.37. The Kier molecular flexibility index (Phi) is 5.63. The molecule has 4 rings (SSSR count). The van der Waals surface area contributed by atoms with Crippen LogP contribution in [0.25, 0.3) is 10.9 Å². The summed E-state index contributed by atoms with van der Waals surface area (Å²) in [6.45, 7) is 3.27. The van der Waals surface area contributed by atoms with E-state index in [1.165, 1.54) is 6.20 Å². The Balaban J connectivity index is 1.51. The van der Waals surface area contributed by atoms with E-state index in [1.54, 1.807) is 23.9 Å². The molecule has 6 nitrogen and oxygen atoms in total. The molecule has 10 heteroatoms. The Morgan fingerprint density at radius 2 is 1.70 bits per heavy atom. The molecule has 2 aromatic rings. The van der Waals surface area contributed by atoms with E-state index >= 15 is 0 Å². The Bertz CT molecular complexity index is 955. The molecule has 2 N–H and O–H groups in total. The Labute approximate surface area is 171 Å². The fraction of sp³-hybridized carbons (Fsp3) is 0.550. The molecule has 0 bridgehead atoms. The molecular formula is C20H25F4N5O. The van der Waals surface area contributed by atoms with Gasteiger partial charge >= 0.3 is 6.03 Å². The molecule has 0 spiro atoms. The standard InChI is InChI=1S/C20H25F4N5O/c1-27(2)20(30)29-7-5-28(6-8-29)13-9-11(3-4-25-13)12-10-26-19-14(12)15(21)16(22)17(23)18(19)24/h10-11,13,25-26H,3-9H2,1-2H3/t11?,13-/m1/s1. The van der Waals surface area contributed by atoms with Crippen LogP contribution in [0.3, 0.4) is 0 Å². The predicted octanol–water partition coefficient (Wildman–Crippen LogP) is 2.82. The van der Waals surface area contributed by atoms with Crippen LogP contribution in [0.15, 0.2) is 6.20 Å². The number of fused-ring (bicyclic) bond motifs is 1. The van der Waals surface area contributed by atoms with Crippen molar-refractivity contribution in [3.05, 3.63) is 35.0 Å². The van der Waals surface area contributed by atoms with Gasteiger partial charge in [-0.15, -0.1) is 0 Å². The largest absolute Gasteiger partial charge is 0.358 e. The number of benzene rings is 1. The molecule has 2 amide bonds. The molecule has 2 atom stereocenters. The third-order valence-electron chi connectivity index (χ3n) is 6.16. The summed E-state index contributed by atoms with van der Waals surface area (Å²) in [5.74, 6) is -6.48. The first-order valence-electron chi connectivity index (χ1n) is 10.1. The van der Waals surface area contributed by atoms with E-state index < -0.39 is 23.3 Å². The summed E-state index contributed by atoms with van der Waals surface area (Å²) in [5, 5.41) is 3.23. The zero-order valence-electron chi connectivity index (χ0n) is 16.9. The highest BCUT2D eigenvalue weighted by molar-refractivity contribution is 5.85. The third kappa shape index (κ3) is 3.51. The number of piperidine rings is 1. The number of nitrogens with zero attached hydrogens (tertiary/aromatic N) is 3. The predicted molar refractivity (Wildman–Crippen MR) is 104 cm³/mol.